The van der Waals surface area contributed by atoms with Gasteiger partial charge in [0.2, 0.25) is 0 Å². The molecular formula is C22H21ClN4O2. The van der Waals surface area contributed by atoms with Gasteiger partial charge in [0.05, 0.1) is 5.69 Å². The number of fused-ring (bicyclic) bond motifs is 3. The van der Waals surface area contributed by atoms with E-state index in [4.69, 9.17) is 16.3 Å². The van der Waals surface area contributed by atoms with Gasteiger partial charge in [0, 0.05) is 55.1 Å². The van der Waals surface area contributed by atoms with Gasteiger partial charge >= 0.3 is 0 Å². The van der Waals surface area contributed by atoms with Crippen LogP contribution in [-0.2, 0) is 13.7 Å². The van der Waals surface area contributed by atoms with Gasteiger partial charge in [-0.05, 0) is 30.3 Å². The van der Waals surface area contributed by atoms with Crippen LogP contribution in [0.1, 0.15) is 16.1 Å². The van der Waals surface area contributed by atoms with Crippen LogP contribution in [0, 0.1) is 0 Å². The molecule has 1 fully saturated rings. The third-order valence-electron chi connectivity index (χ3n) is 5.60. The topological polar surface area (TPSA) is 50.6 Å². The second-order valence-electron chi connectivity index (χ2n) is 7.34. The van der Waals surface area contributed by atoms with Crippen LogP contribution in [0.2, 0.25) is 5.02 Å². The zero-order chi connectivity index (χ0) is 20.0. The number of carbonyl (C=O) groups excluding carboxylic acids is 1. The Morgan fingerprint density at radius 1 is 1.07 bits per heavy atom. The van der Waals surface area contributed by atoms with E-state index in [-0.39, 0.29) is 5.91 Å². The molecule has 148 valence electrons. The Hall–Kier alpha value is -2.99. The van der Waals surface area contributed by atoms with Gasteiger partial charge in [0.15, 0.2) is 5.69 Å². The van der Waals surface area contributed by atoms with Crippen LogP contribution in [0.15, 0.2) is 48.5 Å². The molecule has 0 radical (unpaired) electrons. The van der Waals surface area contributed by atoms with Gasteiger partial charge in [-0.25, -0.2) is 0 Å². The molecule has 0 saturated carbocycles. The van der Waals surface area contributed by atoms with Gasteiger partial charge in [0.1, 0.15) is 12.4 Å². The molecule has 3 heterocycles. The van der Waals surface area contributed by atoms with E-state index in [2.05, 4.69) is 10.00 Å². The molecule has 7 heteroatoms. The summed E-state index contributed by atoms with van der Waals surface area (Å²) in [6.45, 7) is 3.19. The van der Waals surface area contributed by atoms with Crippen LogP contribution in [0.3, 0.4) is 0 Å². The second kappa shape index (κ2) is 7.12. The first-order chi connectivity index (χ1) is 14.1. The first-order valence-electron chi connectivity index (χ1n) is 9.69. The summed E-state index contributed by atoms with van der Waals surface area (Å²) < 4.78 is 7.68. The molecule has 1 amide bonds. The summed E-state index contributed by atoms with van der Waals surface area (Å²) >= 11 is 6.12. The number of amides is 1. The summed E-state index contributed by atoms with van der Waals surface area (Å²) in [5.41, 5.74) is 4.40. The molecule has 2 aliphatic rings. The van der Waals surface area contributed by atoms with Crippen molar-refractivity contribution in [1.82, 2.24) is 14.7 Å². The van der Waals surface area contributed by atoms with Crippen molar-refractivity contribution in [2.24, 2.45) is 7.05 Å². The van der Waals surface area contributed by atoms with E-state index in [0.717, 1.165) is 46.4 Å². The van der Waals surface area contributed by atoms with Crippen molar-refractivity contribution in [3.63, 3.8) is 0 Å². The second-order valence-corrected chi connectivity index (χ2v) is 7.78. The summed E-state index contributed by atoms with van der Waals surface area (Å²) in [4.78, 5) is 17.4. The van der Waals surface area contributed by atoms with E-state index in [1.54, 1.807) is 4.68 Å². The highest BCUT2D eigenvalue weighted by Gasteiger charge is 2.31. The third-order valence-corrected chi connectivity index (χ3v) is 5.84. The molecule has 0 bridgehead atoms. The van der Waals surface area contributed by atoms with E-state index in [1.165, 1.54) is 0 Å². The molecule has 5 rings (SSSR count). The molecule has 0 unspecified atom stereocenters. The number of para-hydroxylation sites is 1. The highest BCUT2D eigenvalue weighted by atomic mass is 35.5. The summed E-state index contributed by atoms with van der Waals surface area (Å²) in [5.74, 6) is 0.799. The predicted octanol–water partition coefficient (Wildman–Crippen LogP) is 3.60. The predicted molar refractivity (Wildman–Crippen MR) is 113 cm³/mol. The van der Waals surface area contributed by atoms with Gasteiger partial charge in [-0.3, -0.25) is 9.48 Å². The Morgan fingerprint density at radius 3 is 2.66 bits per heavy atom. The largest absolute Gasteiger partial charge is 0.488 e. The SMILES string of the molecule is Cn1nc(C(=O)N2CCN(c3cccc(Cl)c3)CC2)c2c1-c1ccccc1OC2. The average molecular weight is 409 g/mol. The lowest BCUT2D eigenvalue weighted by atomic mass is 10.0. The lowest BCUT2D eigenvalue weighted by Gasteiger charge is -2.36. The number of halogens is 1. The standard InChI is InChI=1S/C22H21ClN4O2/c1-25-21-17-7-2-3-8-19(17)29-14-18(21)20(24-25)22(28)27-11-9-26(10-12-27)16-6-4-5-15(23)13-16/h2-8,13H,9-12,14H2,1H3. The van der Waals surface area contributed by atoms with Gasteiger partial charge in [-0.1, -0.05) is 29.8 Å². The molecule has 0 aliphatic carbocycles. The van der Waals surface area contributed by atoms with Crippen molar-refractivity contribution < 1.29 is 9.53 Å². The number of aromatic nitrogens is 2. The monoisotopic (exact) mass is 408 g/mol. The highest BCUT2D eigenvalue weighted by Crippen LogP contribution is 2.38. The maximum Gasteiger partial charge on any atom is 0.274 e. The van der Waals surface area contributed by atoms with E-state index in [9.17, 15) is 4.79 Å². The molecule has 0 spiro atoms. The average Bonchev–Trinajstić information content (AvgIpc) is 3.10. The fraction of sp³-hybridized carbons (Fsp3) is 0.273. The summed E-state index contributed by atoms with van der Waals surface area (Å²) in [6, 6.07) is 15.7. The Bertz CT molecular complexity index is 1090. The van der Waals surface area contributed by atoms with E-state index in [0.29, 0.717) is 25.4 Å². The molecule has 1 saturated heterocycles. The fourth-order valence-corrected chi connectivity index (χ4v) is 4.33. The van der Waals surface area contributed by atoms with Gasteiger partial charge in [0.25, 0.3) is 5.91 Å². The summed E-state index contributed by atoms with van der Waals surface area (Å²) in [6.07, 6.45) is 0. The fourth-order valence-electron chi connectivity index (χ4n) is 4.14. The first-order valence-corrected chi connectivity index (χ1v) is 10.1. The number of hydrogen-bond donors (Lipinski definition) is 0. The minimum atomic E-state index is -0.0319. The van der Waals surface area contributed by atoms with Crippen molar-refractivity contribution >= 4 is 23.2 Å². The van der Waals surface area contributed by atoms with Crippen molar-refractivity contribution in [1.29, 1.82) is 0 Å². The molecular weight excluding hydrogens is 388 g/mol. The van der Waals surface area contributed by atoms with Gasteiger partial charge in [-0.2, -0.15) is 5.10 Å². The van der Waals surface area contributed by atoms with Crippen molar-refractivity contribution in [2.75, 3.05) is 31.1 Å². The molecule has 3 aromatic rings. The van der Waals surface area contributed by atoms with Crippen LogP contribution in [-0.4, -0.2) is 46.8 Å². The van der Waals surface area contributed by atoms with E-state index in [1.807, 2.05) is 60.5 Å². The Labute approximate surface area is 174 Å². The van der Waals surface area contributed by atoms with Gasteiger partial charge in [-0.15, -0.1) is 0 Å². The first kappa shape index (κ1) is 18.1. The molecule has 0 N–H and O–H groups in total. The number of piperazine rings is 1. The number of benzene rings is 2. The van der Waals surface area contributed by atoms with Crippen LogP contribution in [0.5, 0.6) is 5.75 Å². The lowest BCUT2D eigenvalue weighted by molar-refractivity contribution is 0.0737. The zero-order valence-corrected chi connectivity index (χ0v) is 16.9. The molecule has 2 aliphatic heterocycles. The zero-order valence-electron chi connectivity index (χ0n) is 16.1. The number of anilines is 1. The van der Waals surface area contributed by atoms with Crippen molar-refractivity contribution in [2.45, 2.75) is 6.61 Å². The third kappa shape index (κ3) is 3.13. The quantitative estimate of drug-likeness (QED) is 0.650. The Morgan fingerprint density at radius 2 is 1.86 bits per heavy atom. The molecule has 29 heavy (non-hydrogen) atoms. The highest BCUT2D eigenvalue weighted by molar-refractivity contribution is 6.30. The maximum absolute atomic E-state index is 13.2. The van der Waals surface area contributed by atoms with Crippen LogP contribution >= 0.6 is 11.6 Å². The number of carbonyl (C=O) groups is 1. The number of hydrogen-bond acceptors (Lipinski definition) is 4. The molecule has 2 aromatic carbocycles. The van der Waals surface area contributed by atoms with Crippen molar-refractivity contribution in [3.05, 3.63) is 64.8 Å². The van der Waals surface area contributed by atoms with E-state index >= 15 is 0 Å². The summed E-state index contributed by atoms with van der Waals surface area (Å²) in [5, 5.41) is 5.29. The maximum atomic E-state index is 13.2. The minimum Gasteiger partial charge on any atom is -0.488 e. The lowest BCUT2D eigenvalue weighted by Crippen LogP contribution is -2.49. The number of nitrogens with zero attached hydrogens (tertiary/aromatic N) is 4. The van der Waals surface area contributed by atoms with Gasteiger partial charge < -0.3 is 14.5 Å². The molecule has 6 nitrogen and oxygen atoms in total. The number of aryl methyl sites for hydroxylation is 1. The Kier molecular flexibility index (Phi) is 4.43. The van der Waals surface area contributed by atoms with Crippen LogP contribution < -0.4 is 9.64 Å². The molecule has 0 atom stereocenters. The van der Waals surface area contributed by atoms with E-state index < -0.39 is 0 Å². The number of ether oxygens (including phenoxy) is 1. The Balaban J connectivity index is 1.37. The van der Waals surface area contributed by atoms with Crippen molar-refractivity contribution in [3.8, 4) is 17.0 Å². The minimum absolute atomic E-state index is 0.0319. The summed E-state index contributed by atoms with van der Waals surface area (Å²) in [7, 11) is 1.88. The molecule has 1 aromatic heterocycles. The van der Waals surface area contributed by atoms with Crippen LogP contribution in [0.25, 0.3) is 11.3 Å². The smallest absolute Gasteiger partial charge is 0.274 e. The van der Waals surface area contributed by atoms with Crippen LogP contribution in [0.4, 0.5) is 5.69 Å². The normalized spacial score (nSPS) is 15.5. The number of rotatable bonds is 2.